The molecule has 0 bridgehead atoms. The van der Waals surface area contributed by atoms with Crippen LogP contribution in [0.3, 0.4) is 0 Å². The van der Waals surface area contributed by atoms with Crippen molar-refractivity contribution < 1.29 is 19.0 Å². The second-order valence-corrected chi connectivity index (χ2v) is 10.00. The fourth-order valence-electron chi connectivity index (χ4n) is 4.95. The highest BCUT2D eigenvalue weighted by atomic mass is 16.5. The van der Waals surface area contributed by atoms with Gasteiger partial charge in [0.1, 0.15) is 17.0 Å². The second kappa shape index (κ2) is 8.08. The molecule has 0 N–H and O–H groups in total. The summed E-state index contributed by atoms with van der Waals surface area (Å²) in [4.78, 5) is 15.2. The Kier molecular flexibility index (Phi) is 5.30. The van der Waals surface area contributed by atoms with Crippen LogP contribution in [0.25, 0.3) is 11.3 Å². The van der Waals surface area contributed by atoms with E-state index in [0.717, 1.165) is 22.6 Å². The first-order valence-electron chi connectivity index (χ1n) is 11.7. The Morgan fingerprint density at radius 1 is 1.09 bits per heavy atom. The van der Waals surface area contributed by atoms with Crippen LogP contribution in [0.1, 0.15) is 49.5 Å². The van der Waals surface area contributed by atoms with E-state index in [1.165, 1.54) is 0 Å². The minimum atomic E-state index is -0.475. The lowest BCUT2D eigenvalue weighted by molar-refractivity contribution is -0.00173. The number of carbonyl (C=O) groups excluding carboxylic acids is 1. The van der Waals surface area contributed by atoms with Crippen molar-refractivity contribution in [3.63, 3.8) is 0 Å². The quantitative estimate of drug-likeness (QED) is 0.561. The summed E-state index contributed by atoms with van der Waals surface area (Å²) >= 11 is 0. The van der Waals surface area contributed by atoms with Gasteiger partial charge in [-0.25, -0.2) is 0 Å². The van der Waals surface area contributed by atoms with Gasteiger partial charge < -0.3 is 19.1 Å². The van der Waals surface area contributed by atoms with E-state index in [9.17, 15) is 4.79 Å². The standard InChI is InChI=1S/C27H31N3O4/c1-26(2,3)33-22-11-10-18(16-23(22)32-5)25(31)30-14-12-27(13-15-30)20-17-28-29(4)24(20)19-8-6-7-9-21(19)34-27/h6-11,16-17H,12-15H2,1-5H3. The molecule has 1 saturated heterocycles. The van der Waals surface area contributed by atoms with E-state index in [1.54, 1.807) is 13.2 Å². The van der Waals surface area contributed by atoms with Crippen molar-refractivity contribution in [1.29, 1.82) is 0 Å². The number of hydrogen-bond donors (Lipinski definition) is 0. The van der Waals surface area contributed by atoms with Crippen molar-refractivity contribution in [3.05, 3.63) is 59.8 Å². The van der Waals surface area contributed by atoms with Gasteiger partial charge in [0.15, 0.2) is 11.5 Å². The van der Waals surface area contributed by atoms with Crippen LogP contribution in [0.4, 0.5) is 0 Å². The van der Waals surface area contributed by atoms with Gasteiger partial charge in [-0.15, -0.1) is 0 Å². The summed E-state index contributed by atoms with van der Waals surface area (Å²) in [6.45, 7) is 7.13. The van der Waals surface area contributed by atoms with Crippen molar-refractivity contribution in [1.82, 2.24) is 14.7 Å². The van der Waals surface area contributed by atoms with Crippen LogP contribution in [-0.4, -0.2) is 46.4 Å². The number of aromatic nitrogens is 2. The van der Waals surface area contributed by atoms with Crippen LogP contribution < -0.4 is 14.2 Å². The van der Waals surface area contributed by atoms with Crippen molar-refractivity contribution in [2.24, 2.45) is 7.05 Å². The zero-order chi connectivity index (χ0) is 24.1. The zero-order valence-corrected chi connectivity index (χ0v) is 20.4. The molecule has 0 saturated carbocycles. The summed E-state index contributed by atoms with van der Waals surface area (Å²) in [5.41, 5.74) is 3.02. The molecule has 2 aliphatic rings. The zero-order valence-electron chi connectivity index (χ0n) is 20.4. The monoisotopic (exact) mass is 461 g/mol. The first kappa shape index (κ1) is 22.3. The van der Waals surface area contributed by atoms with Gasteiger partial charge in [0, 0.05) is 49.7 Å². The molecule has 3 aromatic rings. The highest BCUT2D eigenvalue weighted by Crippen LogP contribution is 2.49. The first-order valence-corrected chi connectivity index (χ1v) is 11.7. The smallest absolute Gasteiger partial charge is 0.253 e. The summed E-state index contributed by atoms with van der Waals surface area (Å²) in [7, 11) is 3.56. The fraction of sp³-hybridized carbons (Fsp3) is 0.407. The Labute approximate surface area is 200 Å². The van der Waals surface area contributed by atoms with Crippen LogP contribution in [0.15, 0.2) is 48.7 Å². The topological polar surface area (TPSA) is 65.8 Å². The molecule has 1 fully saturated rings. The van der Waals surface area contributed by atoms with Crippen molar-refractivity contribution >= 4 is 5.91 Å². The summed E-state index contributed by atoms with van der Waals surface area (Å²) in [5, 5.41) is 4.53. The molecule has 0 aliphatic carbocycles. The van der Waals surface area contributed by atoms with Crippen molar-refractivity contribution in [3.8, 4) is 28.5 Å². The average molecular weight is 462 g/mol. The number of carbonyl (C=O) groups is 1. The number of para-hydroxylation sites is 1. The lowest BCUT2D eigenvalue weighted by Crippen LogP contribution is -2.49. The first-order chi connectivity index (χ1) is 16.2. The molecule has 0 radical (unpaired) electrons. The average Bonchev–Trinajstić information content (AvgIpc) is 3.21. The maximum atomic E-state index is 13.4. The largest absolute Gasteiger partial charge is 0.493 e. The number of likely N-dealkylation sites (tertiary alicyclic amines) is 1. The highest BCUT2D eigenvalue weighted by molar-refractivity contribution is 5.95. The normalized spacial score (nSPS) is 16.4. The lowest BCUT2D eigenvalue weighted by Gasteiger charge is -2.44. The number of amides is 1. The number of piperidine rings is 1. The fourth-order valence-corrected chi connectivity index (χ4v) is 4.95. The number of fused-ring (bicyclic) bond motifs is 4. The Morgan fingerprint density at radius 3 is 2.53 bits per heavy atom. The minimum absolute atomic E-state index is 0.0157. The number of aryl methyl sites for hydroxylation is 1. The van der Waals surface area contributed by atoms with Gasteiger partial charge >= 0.3 is 0 Å². The number of methoxy groups -OCH3 is 1. The van der Waals surface area contributed by atoms with Crippen LogP contribution in [0.5, 0.6) is 17.2 Å². The summed E-state index contributed by atoms with van der Waals surface area (Å²) < 4.78 is 20.0. The van der Waals surface area contributed by atoms with Gasteiger partial charge in [0.2, 0.25) is 0 Å². The van der Waals surface area contributed by atoms with Crippen LogP contribution in [-0.2, 0) is 12.6 Å². The molecule has 0 atom stereocenters. The summed E-state index contributed by atoms with van der Waals surface area (Å²) in [6, 6.07) is 13.5. The van der Waals surface area contributed by atoms with E-state index < -0.39 is 5.60 Å². The molecule has 1 amide bonds. The van der Waals surface area contributed by atoms with Crippen molar-refractivity contribution in [2.75, 3.05) is 20.2 Å². The van der Waals surface area contributed by atoms with E-state index in [1.807, 2.05) is 73.9 Å². The lowest BCUT2D eigenvalue weighted by atomic mass is 9.81. The molecule has 7 nitrogen and oxygen atoms in total. The molecular weight excluding hydrogens is 430 g/mol. The van der Waals surface area contributed by atoms with Gasteiger partial charge in [0.25, 0.3) is 5.91 Å². The van der Waals surface area contributed by atoms with Crippen LogP contribution in [0, 0.1) is 0 Å². The maximum Gasteiger partial charge on any atom is 0.253 e. The summed E-state index contributed by atoms with van der Waals surface area (Å²) in [6.07, 6.45) is 3.32. The maximum absolute atomic E-state index is 13.4. The molecule has 2 aliphatic heterocycles. The highest BCUT2D eigenvalue weighted by Gasteiger charge is 2.45. The van der Waals surface area contributed by atoms with Gasteiger partial charge in [-0.2, -0.15) is 5.10 Å². The van der Waals surface area contributed by atoms with Gasteiger partial charge in [0.05, 0.1) is 19.0 Å². The molecular formula is C27H31N3O4. The molecule has 178 valence electrons. The minimum Gasteiger partial charge on any atom is -0.493 e. The molecule has 0 unspecified atom stereocenters. The number of hydrogen-bond acceptors (Lipinski definition) is 5. The Bertz CT molecular complexity index is 1230. The van der Waals surface area contributed by atoms with Gasteiger partial charge in [-0.3, -0.25) is 9.48 Å². The van der Waals surface area contributed by atoms with E-state index in [-0.39, 0.29) is 11.5 Å². The predicted molar refractivity (Wildman–Crippen MR) is 129 cm³/mol. The van der Waals surface area contributed by atoms with Crippen LogP contribution in [0.2, 0.25) is 0 Å². The predicted octanol–water partition coefficient (Wildman–Crippen LogP) is 4.80. The number of nitrogens with zero attached hydrogens (tertiary/aromatic N) is 3. The Morgan fingerprint density at radius 2 is 1.82 bits per heavy atom. The Balaban J connectivity index is 1.36. The van der Waals surface area contributed by atoms with Gasteiger partial charge in [-0.1, -0.05) is 12.1 Å². The molecule has 7 heteroatoms. The van der Waals surface area contributed by atoms with Crippen molar-refractivity contribution in [2.45, 2.75) is 44.8 Å². The number of rotatable bonds is 3. The molecule has 2 aromatic carbocycles. The van der Waals surface area contributed by atoms with Gasteiger partial charge in [-0.05, 0) is 51.1 Å². The molecule has 34 heavy (non-hydrogen) atoms. The molecule has 1 spiro atoms. The SMILES string of the molecule is COc1cc(C(=O)N2CCC3(CC2)Oc2ccccc2-c2c3cnn2C)ccc1OC(C)(C)C. The Hall–Kier alpha value is -3.48. The van der Waals surface area contributed by atoms with E-state index in [2.05, 4.69) is 11.2 Å². The molecule has 5 rings (SSSR count). The number of ether oxygens (including phenoxy) is 3. The van der Waals surface area contributed by atoms with Crippen LogP contribution >= 0.6 is 0 Å². The third-order valence-electron chi connectivity index (χ3n) is 6.56. The van der Waals surface area contributed by atoms with E-state index in [4.69, 9.17) is 14.2 Å². The van der Waals surface area contributed by atoms with E-state index in [0.29, 0.717) is 43.0 Å². The number of benzene rings is 2. The second-order valence-electron chi connectivity index (χ2n) is 10.00. The third-order valence-corrected chi connectivity index (χ3v) is 6.56. The third kappa shape index (κ3) is 3.79. The van der Waals surface area contributed by atoms with E-state index >= 15 is 0 Å². The molecule has 3 heterocycles. The molecule has 1 aromatic heterocycles. The summed E-state index contributed by atoms with van der Waals surface area (Å²) in [5.74, 6) is 2.04.